The Morgan fingerprint density at radius 3 is 2.39 bits per heavy atom. The average molecular weight is 550 g/mol. The largest absolute Gasteiger partial charge is 0.336 e. The molecule has 8 nitrogen and oxygen atoms in total. The van der Waals surface area contributed by atoms with Gasteiger partial charge in [-0.1, -0.05) is 41.9 Å². The highest BCUT2D eigenvalue weighted by Crippen LogP contribution is 2.26. The maximum atomic E-state index is 13.3. The number of likely N-dealkylation sites (tertiary alicyclic amines) is 1. The number of carbonyl (C=O) groups is 3. The molecule has 0 spiro atoms. The summed E-state index contributed by atoms with van der Waals surface area (Å²) in [5.41, 5.74) is 2.16. The Kier molecular flexibility index (Phi) is 8.05. The van der Waals surface area contributed by atoms with E-state index in [1.54, 1.807) is 29.2 Å². The van der Waals surface area contributed by atoms with E-state index < -0.39 is 6.04 Å². The summed E-state index contributed by atoms with van der Waals surface area (Å²) in [5, 5.41) is 5.76. The van der Waals surface area contributed by atoms with Crippen LogP contribution in [0.25, 0.3) is 0 Å². The van der Waals surface area contributed by atoms with Crippen molar-refractivity contribution in [1.82, 2.24) is 10.2 Å². The molecule has 2 N–H and O–H groups in total. The first kappa shape index (κ1) is 25.9. The van der Waals surface area contributed by atoms with Crippen molar-refractivity contribution < 1.29 is 14.4 Å². The van der Waals surface area contributed by atoms with Crippen molar-refractivity contribution in [1.29, 1.82) is 0 Å². The number of benzene rings is 2. The summed E-state index contributed by atoms with van der Waals surface area (Å²) in [7, 11) is 0. The number of carbonyl (C=O) groups excluding carboxylic acids is 3. The molecule has 10 heteroatoms. The maximum Gasteiger partial charge on any atom is 0.262 e. The minimum atomic E-state index is -0.893. The zero-order valence-electron chi connectivity index (χ0n) is 20.7. The van der Waals surface area contributed by atoms with Crippen LogP contribution in [0.2, 0.25) is 4.34 Å². The normalized spacial score (nSPS) is 16.6. The molecule has 1 unspecified atom stereocenters. The van der Waals surface area contributed by atoms with Crippen molar-refractivity contribution in [3.05, 3.63) is 81.5 Å². The van der Waals surface area contributed by atoms with Crippen LogP contribution in [0.1, 0.15) is 47.0 Å². The molecule has 0 radical (unpaired) electrons. The number of anilines is 2. The van der Waals surface area contributed by atoms with Crippen LogP contribution < -0.4 is 15.5 Å². The predicted octanol–water partition coefficient (Wildman–Crippen LogP) is 5.09. The van der Waals surface area contributed by atoms with Gasteiger partial charge >= 0.3 is 0 Å². The lowest BCUT2D eigenvalue weighted by Gasteiger charge is -2.37. The minimum Gasteiger partial charge on any atom is -0.336 e. The zero-order valence-corrected chi connectivity index (χ0v) is 22.3. The molecule has 38 heavy (non-hydrogen) atoms. The van der Waals surface area contributed by atoms with Crippen molar-refractivity contribution >= 4 is 58.0 Å². The van der Waals surface area contributed by atoms with Gasteiger partial charge in [0.15, 0.2) is 0 Å². The van der Waals surface area contributed by atoms with Crippen LogP contribution in [0, 0.1) is 0 Å². The van der Waals surface area contributed by atoms with Crippen LogP contribution in [0.15, 0.2) is 71.7 Å². The monoisotopic (exact) mass is 549 g/mol. The van der Waals surface area contributed by atoms with Crippen LogP contribution in [0.4, 0.5) is 11.4 Å². The Morgan fingerprint density at radius 2 is 1.68 bits per heavy atom. The summed E-state index contributed by atoms with van der Waals surface area (Å²) in [5.74, 6) is 0.0902. The number of rotatable bonds is 6. The number of hydrogen-bond acceptors (Lipinski definition) is 6. The number of nitrogens with zero attached hydrogens (tertiary/aromatic N) is 3. The molecule has 3 heterocycles. The van der Waals surface area contributed by atoms with Crippen LogP contribution >= 0.6 is 22.9 Å². The van der Waals surface area contributed by atoms with Crippen LogP contribution in [0.3, 0.4) is 0 Å². The maximum absolute atomic E-state index is 13.3. The molecule has 3 aromatic rings. The fourth-order valence-electron chi connectivity index (χ4n) is 4.61. The number of aliphatic imine (C=N–C) groups is 1. The lowest BCUT2D eigenvalue weighted by molar-refractivity contribution is -0.129. The van der Waals surface area contributed by atoms with Crippen LogP contribution in [-0.2, 0) is 9.59 Å². The van der Waals surface area contributed by atoms with E-state index in [1.165, 1.54) is 0 Å². The molecule has 0 aliphatic carbocycles. The summed E-state index contributed by atoms with van der Waals surface area (Å²) in [6.07, 6.45) is 3.35. The highest BCUT2D eigenvalue weighted by atomic mass is 35.5. The lowest BCUT2D eigenvalue weighted by Crippen LogP contribution is -2.51. The van der Waals surface area contributed by atoms with E-state index in [0.29, 0.717) is 45.9 Å². The predicted molar refractivity (Wildman–Crippen MR) is 151 cm³/mol. The number of amides is 3. The van der Waals surface area contributed by atoms with E-state index in [9.17, 15) is 14.4 Å². The topological polar surface area (TPSA) is 94.1 Å². The molecule has 1 aromatic heterocycles. The van der Waals surface area contributed by atoms with E-state index >= 15 is 0 Å². The van der Waals surface area contributed by atoms with Crippen LogP contribution in [-0.4, -0.2) is 48.2 Å². The van der Waals surface area contributed by atoms with E-state index in [0.717, 1.165) is 42.8 Å². The smallest absolute Gasteiger partial charge is 0.262 e. The number of nitrogens with one attached hydrogen (secondary N) is 2. The van der Waals surface area contributed by atoms with Gasteiger partial charge in [-0.15, -0.1) is 11.3 Å². The Balaban J connectivity index is 1.31. The third-order valence-electron chi connectivity index (χ3n) is 6.51. The minimum absolute atomic E-state index is 0.115. The molecular weight excluding hydrogens is 522 g/mol. The van der Waals surface area contributed by atoms with Crippen molar-refractivity contribution in [3.8, 4) is 0 Å². The van der Waals surface area contributed by atoms with E-state index in [2.05, 4.69) is 20.5 Å². The van der Waals surface area contributed by atoms with E-state index in [-0.39, 0.29) is 17.7 Å². The SMILES string of the molecule is O=C(NC(C(=O)Nc1ccc(N2CCCN=C2N2CCCCC2=O)cc1)c1ccccc1)c1ccc(Cl)s1. The molecule has 1 saturated heterocycles. The Morgan fingerprint density at radius 1 is 0.921 bits per heavy atom. The molecule has 1 fully saturated rings. The molecule has 0 bridgehead atoms. The van der Waals surface area contributed by atoms with Gasteiger partial charge in [-0.2, -0.15) is 0 Å². The van der Waals surface area contributed by atoms with Gasteiger partial charge in [0.05, 0.1) is 9.21 Å². The van der Waals surface area contributed by atoms with Gasteiger partial charge in [-0.05, 0) is 61.2 Å². The van der Waals surface area contributed by atoms with E-state index in [1.807, 2.05) is 42.5 Å². The van der Waals surface area contributed by atoms with Gasteiger partial charge in [0.2, 0.25) is 11.9 Å². The lowest BCUT2D eigenvalue weighted by atomic mass is 10.1. The standard InChI is InChI=1S/C28H28ClN5O3S/c29-23-15-14-22(38-23)26(36)32-25(19-7-2-1-3-8-19)27(37)31-20-10-12-21(13-11-20)33-18-6-16-30-28(33)34-17-5-4-9-24(34)35/h1-3,7-8,10-15,25H,4-6,9,16-18H2,(H,31,37)(H,32,36). The molecule has 5 rings (SSSR count). The third kappa shape index (κ3) is 5.89. The fourth-order valence-corrected chi connectivity index (χ4v) is 5.56. The summed E-state index contributed by atoms with van der Waals surface area (Å²) in [6, 6.07) is 19.0. The summed E-state index contributed by atoms with van der Waals surface area (Å²) in [6.45, 7) is 2.16. The van der Waals surface area contributed by atoms with Gasteiger partial charge in [0.1, 0.15) is 6.04 Å². The van der Waals surface area contributed by atoms with Gasteiger partial charge in [0.25, 0.3) is 11.8 Å². The van der Waals surface area contributed by atoms with Gasteiger partial charge in [-0.3, -0.25) is 24.3 Å². The second kappa shape index (κ2) is 11.8. The molecule has 0 saturated carbocycles. The molecule has 2 aromatic carbocycles. The third-order valence-corrected chi connectivity index (χ3v) is 7.74. The molecule has 2 aliphatic heterocycles. The first-order chi connectivity index (χ1) is 18.5. The molecule has 3 amide bonds. The van der Waals surface area contributed by atoms with Gasteiger partial charge < -0.3 is 15.5 Å². The number of thiophene rings is 1. The second-order valence-electron chi connectivity index (χ2n) is 9.15. The van der Waals surface area contributed by atoms with Gasteiger partial charge in [0, 0.05) is 37.4 Å². The highest BCUT2D eigenvalue weighted by molar-refractivity contribution is 7.18. The first-order valence-corrected chi connectivity index (χ1v) is 13.8. The fraction of sp³-hybridized carbons (Fsp3) is 0.286. The van der Waals surface area contributed by atoms with Crippen molar-refractivity contribution in [2.24, 2.45) is 4.99 Å². The van der Waals surface area contributed by atoms with Gasteiger partial charge in [-0.25, -0.2) is 0 Å². The summed E-state index contributed by atoms with van der Waals surface area (Å²) in [4.78, 5) is 47.7. The second-order valence-corrected chi connectivity index (χ2v) is 10.9. The average Bonchev–Trinajstić information content (AvgIpc) is 3.39. The highest BCUT2D eigenvalue weighted by Gasteiger charge is 2.29. The van der Waals surface area contributed by atoms with Crippen molar-refractivity contribution in [3.63, 3.8) is 0 Å². The van der Waals surface area contributed by atoms with E-state index in [4.69, 9.17) is 11.6 Å². The van der Waals surface area contributed by atoms with Crippen molar-refractivity contribution in [2.75, 3.05) is 29.9 Å². The molecule has 2 aliphatic rings. The molecule has 196 valence electrons. The molecule has 1 atom stereocenters. The Bertz CT molecular complexity index is 1340. The zero-order chi connectivity index (χ0) is 26.5. The summed E-state index contributed by atoms with van der Waals surface area (Å²) < 4.78 is 0.502. The number of piperidine rings is 1. The van der Waals surface area contributed by atoms with Crippen molar-refractivity contribution in [2.45, 2.75) is 31.7 Å². The molecular formula is C28H28ClN5O3S. The number of guanidine groups is 1. The Hall–Kier alpha value is -3.69. The summed E-state index contributed by atoms with van der Waals surface area (Å²) >= 11 is 7.14. The Labute approximate surface area is 230 Å². The first-order valence-electron chi connectivity index (χ1n) is 12.6. The number of hydrogen-bond donors (Lipinski definition) is 2. The number of halogens is 1. The van der Waals surface area contributed by atoms with Crippen LogP contribution in [0.5, 0.6) is 0 Å². The quantitative estimate of drug-likeness (QED) is 0.448.